The summed E-state index contributed by atoms with van der Waals surface area (Å²) in [5, 5.41) is 9.48. The molecule has 1 heterocycles. The molecule has 1 atom stereocenters. The monoisotopic (exact) mass is 336 g/mol. The lowest BCUT2D eigenvalue weighted by atomic mass is 9.82. The Hall–Kier alpha value is -2.52. The van der Waals surface area contributed by atoms with Gasteiger partial charge < -0.3 is 15.2 Å². The van der Waals surface area contributed by atoms with Gasteiger partial charge in [0, 0.05) is 17.0 Å². The fourth-order valence-corrected chi connectivity index (χ4v) is 2.76. The topological polar surface area (TPSA) is 85.3 Å². The van der Waals surface area contributed by atoms with Crippen molar-refractivity contribution in [2.24, 2.45) is 5.73 Å². The fourth-order valence-electron chi connectivity index (χ4n) is 2.49. The van der Waals surface area contributed by atoms with E-state index in [1.165, 1.54) is 25.3 Å². The fraction of sp³-hybridized carbons (Fsp3) is 0.250. The van der Waals surface area contributed by atoms with Crippen LogP contribution in [0.25, 0.3) is 0 Å². The molecule has 0 spiro atoms. The zero-order chi connectivity index (χ0) is 17.1. The molecular weight excluding hydrogens is 323 g/mol. The zero-order valence-electron chi connectivity index (χ0n) is 12.5. The molecule has 7 heteroatoms. The van der Waals surface area contributed by atoms with Crippen LogP contribution in [0.4, 0.5) is 4.39 Å². The predicted molar refractivity (Wildman–Crippen MR) is 81.4 cm³/mol. The molecule has 0 amide bonds. The number of rotatable bonds is 3. The molecule has 0 aliphatic carbocycles. The molecule has 1 aromatic carbocycles. The molecule has 0 unspecified atom stereocenters. The summed E-state index contributed by atoms with van der Waals surface area (Å²) in [4.78, 5) is 12.2. The summed E-state index contributed by atoms with van der Waals surface area (Å²) in [5.41, 5.74) is 5.69. The standard InChI is InChI=1S/C16H14ClFN2O3/c1-3-11-14(16(21)22-2)12(8(7-19)15(20)23-11)13-9(17)5-4-6-10(13)18/h4-6,12H,3,20H2,1-2H3/t12-/m0/s1. The van der Waals surface area contributed by atoms with Gasteiger partial charge in [0.1, 0.15) is 23.2 Å². The minimum atomic E-state index is -1.08. The molecule has 23 heavy (non-hydrogen) atoms. The van der Waals surface area contributed by atoms with E-state index in [1.807, 2.05) is 6.07 Å². The summed E-state index contributed by atoms with van der Waals surface area (Å²) >= 11 is 6.11. The van der Waals surface area contributed by atoms with Crippen LogP contribution in [0.2, 0.25) is 5.02 Å². The third kappa shape index (κ3) is 2.88. The zero-order valence-corrected chi connectivity index (χ0v) is 13.3. The average Bonchev–Trinajstić information content (AvgIpc) is 2.53. The van der Waals surface area contributed by atoms with Gasteiger partial charge in [0.05, 0.1) is 18.6 Å². The van der Waals surface area contributed by atoms with Crippen LogP contribution in [0.5, 0.6) is 0 Å². The van der Waals surface area contributed by atoms with Crippen molar-refractivity contribution in [3.8, 4) is 6.07 Å². The van der Waals surface area contributed by atoms with E-state index in [2.05, 4.69) is 0 Å². The van der Waals surface area contributed by atoms with Gasteiger partial charge in [0.25, 0.3) is 0 Å². The van der Waals surface area contributed by atoms with Crippen LogP contribution < -0.4 is 5.73 Å². The molecule has 1 aromatic rings. The highest BCUT2D eigenvalue weighted by molar-refractivity contribution is 6.31. The van der Waals surface area contributed by atoms with Gasteiger partial charge in [-0.15, -0.1) is 0 Å². The Balaban J connectivity index is 2.80. The number of allylic oxidation sites excluding steroid dienone is 2. The van der Waals surface area contributed by atoms with Gasteiger partial charge in [-0.3, -0.25) is 0 Å². The van der Waals surface area contributed by atoms with E-state index < -0.39 is 17.7 Å². The summed E-state index contributed by atoms with van der Waals surface area (Å²) in [7, 11) is 1.19. The number of nitriles is 1. The van der Waals surface area contributed by atoms with E-state index in [0.29, 0.717) is 6.42 Å². The molecule has 0 radical (unpaired) electrons. The maximum absolute atomic E-state index is 14.4. The Labute approximate surface area is 137 Å². The number of ether oxygens (including phenoxy) is 2. The molecular formula is C16H14ClFN2O3. The Morgan fingerprint density at radius 3 is 2.78 bits per heavy atom. The first-order chi connectivity index (χ1) is 11.0. The van der Waals surface area contributed by atoms with Gasteiger partial charge in [-0.05, 0) is 12.1 Å². The van der Waals surface area contributed by atoms with E-state index in [-0.39, 0.29) is 33.4 Å². The number of hydrogen-bond acceptors (Lipinski definition) is 5. The number of carbonyl (C=O) groups is 1. The quantitative estimate of drug-likeness (QED) is 0.857. The summed E-state index contributed by atoms with van der Waals surface area (Å²) in [6.45, 7) is 1.74. The van der Waals surface area contributed by atoms with E-state index >= 15 is 0 Å². The van der Waals surface area contributed by atoms with Crippen molar-refractivity contribution >= 4 is 17.6 Å². The normalized spacial score (nSPS) is 17.6. The molecule has 0 saturated heterocycles. The lowest BCUT2D eigenvalue weighted by Gasteiger charge is -2.28. The summed E-state index contributed by atoms with van der Waals surface area (Å²) < 4.78 is 24.5. The van der Waals surface area contributed by atoms with Gasteiger partial charge in [-0.2, -0.15) is 5.26 Å². The first kappa shape index (κ1) is 16.8. The SMILES string of the molecule is CCC1=C(C(=O)OC)[C@H](c2c(F)cccc2Cl)C(C#N)=C(N)O1. The molecule has 0 fully saturated rings. The number of methoxy groups -OCH3 is 1. The lowest BCUT2D eigenvalue weighted by Crippen LogP contribution is -2.26. The predicted octanol–water partition coefficient (Wildman–Crippen LogP) is 3.12. The number of hydrogen-bond donors (Lipinski definition) is 1. The Morgan fingerprint density at radius 2 is 2.26 bits per heavy atom. The maximum atomic E-state index is 14.4. The van der Waals surface area contributed by atoms with Crippen LogP contribution >= 0.6 is 11.6 Å². The Kier molecular flexibility index (Phi) is 4.92. The minimum Gasteiger partial charge on any atom is -0.466 e. The van der Waals surface area contributed by atoms with Gasteiger partial charge >= 0.3 is 5.97 Å². The summed E-state index contributed by atoms with van der Waals surface area (Å²) in [6.07, 6.45) is 0.312. The molecule has 2 rings (SSSR count). The van der Waals surface area contributed by atoms with Crippen molar-refractivity contribution in [1.29, 1.82) is 5.26 Å². The van der Waals surface area contributed by atoms with E-state index in [0.717, 1.165) is 0 Å². The van der Waals surface area contributed by atoms with Gasteiger partial charge in [0.15, 0.2) is 0 Å². The van der Waals surface area contributed by atoms with Crippen molar-refractivity contribution in [2.45, 2.75) is 19.3 Å². The van der Waals surface area contributed by atoms with E-state index in [4.69, 9.17) is 26.8 Å². The first-order valence-electron chi connectivity index (χ1n) is 6.79. The van der Waals surface area contributed by atoms with Crippen LogP contribution in [0.1, 0.15) is 24.8 Å². The number of benzene rings is 1. The first-order valence-corrected chi connectivity index (χ1v) is 7.16. The van der Waals surface area contributed by atoms with Crippen molar-refractivity contribution in [3.63, 3.8) is 0 Å². The summed E-state index contributed by atoms with van der Waals surface area (Å²) in [5.74, 6) is -2.42. The second kappa shape index (κ2) is 6.71. The largest absolute Gasteiger partial charge is 0.466 e. The highest BCUT2D eigenvalue weighted by atomic mass is 35.5. The van der Waals surface area contributed by atoms with Crippen LogP contribution in [-0.2, 0) is 14.3 Å². The van der Waals surface area contributed by atoms with Crippen LogP contribution in [0, 0.1) is 17.1 Å². The van der Waals surface area contributed by atoms with Crippen molar-refractivity contribution in [1.82, 2.24) is 0 Å². The Bertz CT molecular complexity index is 745. The number of nitrogens with two attached hydrogens (primary N) is 1. The van der Waals surface area contributed by atoms with Gasteiger partial charge in [-0.1, -0.05) is 24.6 Å². The second-order valence-electron chi connectivity index (χ2n) is 4.74. The van der Waals surface area contributed by atoms with Crippen molar-refractivity contribution < 1.29 is 18.7 Å². The molecule has 2 N–H and O–H groups in total. The van der Waals surface area contributed by atoms with Crippen molar-refractivity contribution in [2.75, 3.05) is 7.11 Å². The molecule has 0 saturated carbocycles. The number of nitrogens with zero attached hydrogens (tertiary/aromatic N) is 1. The molecule has 1 aliphatic rings. The highest BCUT2D eigenvalue weighted by Gasteiger charge is 2.39. The van der Waals surface area contributed by atoms with E-state index in [1.54, 1.807) is 6.92 Å². The van der Waals surface area contributed by atoms with Crippen LogP contribution in [0.3, 0.4) is 0 Å². The second-order valence-corrected chi connectivity index (χ2v) is 5.15. The molecule has 0 bridgehead atoms. The third-order valence-corrected chi connectivity index (χ3v) is 3.84. The molecule has 120 valence electrons. The third-order valence-electron chi connectivity index (χ3n) is 3.51. The minimum absolute atomic E-state index is 0.0108. The number of halogens is 2. The van der Waals surface area contributed by atoms with Gasteiger partial charge in [-0.25, -0.2) is 9.18 Å². The Morgan fingerprint density at radius 1 is 1.57 bits per heavy atom. The maximum Gasteiger partial charge on any atom is 0.338 e. The number of esters is 1. The van der Waals surface area contributed by atoms with Gasteiger partial charge in [0.2, 0.25) is 5.88 Å². The average molecular weight is 337 g/mol. The van der Waals surface area contributed by atoms with Crippen LogP contribution in [0.15, 0.2) is 41.0 Å². The number of carbonyl (C=O) groups excluding carboxylic acids is 1. The highest BCUT2D eigenvalue weighted by Crippen LogP contribution is 2.43. The molecule has 0 aromatic heterocycles. The van der Waals surface area contributed by atoms with E-state index in [9.17, 15) is 14.4 Å². The molecule has 1 aliphatic heterocycles. The van der Waals surface area contributed by atoms with Crippen molar-refractivity contribution in [3.05, 3.63) is 57.4 Å². The smallest absolute Gasteiger partial charge is 0.338 e. The summed E-state index contributed by atoms with van der Waals surface area (Å²) in [6, 6.07) is 5.98. The molecule has 5 nitrogen and oxygen atoms in total. The lowest BCUT2D eigenvalue weighted by molar-refractivity contribution is -0.136. The van der Waals surface area contributed by atoms with Crippen LogP contribution in [-0.4, -0.2) is 13.1 Å².